The van der Waals surface area contributed by atoms with Crippen molar-refractivity contribution in [2.45, 2.75) is 19.8 Å². The van der Waals surface area contributed by atoms with Crippen LogP contribution in [0.5, 0.6) is 17.2 Å². The predicted molar refractivity (Wildman–Crippen MR) is 181 cm³/mol. The third-order valence-electron chi connectivity index (χ3n) is 8.42. The third kappa shape index (κ3) is 4.92. The van der Waals surface area contributed by atoms with Crippen molar-refractivity contribution in [3.8, 4) is 17.2 Å². The second-order valence-corrected chi connectivity index (χ2v) is 20.3. The van der Waals surface area contributed by atoms with Gasteiger partial charge >= 0.3 is 248 Å². The number of aryl methyl sites for hydroxylation is 1. The number of hydrogen-bond acceptors (Lipinski definition) is 5. The molecule has 44 heavy (non-hydrogen) atoms. The Morgan fingerprint density at radius 3 is 1.64 bits per heavy atom. The molecule has 1 aliphatic carbocycles. The molecule has 6 rings (SSSR count). The molecule has 5 nitrogen and oxygen atoms in total. The zero-order valence-electron chi connectivity index (χ0n) is 24.2. The van der Waals surface area contributed by atoms with Crippen molar-refractivity contribution >= 4 is 48.3 Å². The molecular weight excluding hydrogens is 635 g/mol. The van der Waals surface area contributed by atoms with Crippen LogP contribution < -0.4 is 20.7 Å². The second kappa shape index (κ2) is 11.7. The van der Waals surface area contributed by atoms with E-state index in [-0.39, 0.29) is 33.8 Å². The minimum atomic E-state index is -3.05. The zero-order chi connectivity index (χ0) is 30.9. The Morgan fingerprint density at radius 1 is 0.636 bits per heavy atom. The number of halogens is 1. The van der Waals surface area contributed by atoms with E-state index in [0.717, 1.165) is 19.0 Å². The van der Waals surface area contributed by atoms with Crippen LogP contribution in [0.15, 0.2) is 115 Å². The Kier molecular flexibility index (Phi) is 7.91. The van der Waals surface area contributed by atoms with Crippen molar-refractivity contribution in [3.05, 3.63) is 143 Å². The SMILES string of the molecule is Cc1cc(O)c2c(c1)C(=O)c1cc(OCCCCP(Br)(c3ccccc3)(c3ccccc3)c3ccccc3)cc(O)c1C2=O. The Hall–Kier alpha value is -4.25. The molecule has 0 radical (unpaired) electrons. The molecule has 0 heterocycles. The molecule has 0 spiro atoms. The molecule has 0 aliphatic heterocycles. The molecule has 0 saturated carbocycles. The van der Waals surface area contributed by atoms with Crippen molar-refractivity contribution in [1.29, 1.82) is 0 Å². The first kappa shape index (κ1) is 29.8. The van der Waals surface area contributed by atoms with Gasteiger partial charge in [-0.2, -0.15) is 0 Å². The fourth-order valence-electron chi connectivity index (χ4n) is 6.31. The number of aromatic hydroxyl groups is 2. The molecule has 0 amide bonds. The quantitative estimate of drug-likeness (QED) is 0.126. The topological polar surface area (TPSA) is 83.8 Å². The molecule has 0 bridgehead atoms. The van der Waals surface area contributed by atoms with E-state index >= 15 is 0 Å². The minimum absolute atomic E-state index is 0.0742. The van der Waals surface area contributed by atoms with Crippen molar-refractivity contribution in [2.75, 3.05) is 12.8 Å². The van der Waals surface area contributed by atoms with E-state index in [4.69, 9.17) is 4.74 Å². The van der Waals surface area contributed by atoms with Crippen LogP contribution in [0.1, 0.15) is 50.2 Å². The summed E-state index contributed by atoms with van der Waals surface area (Å²) in [6, 6.07) is 37.8. The fraction of sp³-hybridized carbons (Fsp3) is 0.135. The molecule has 7 heteroatoms. The zero-order valence-corrected chi connectivity index (χ0v) is 26.7. The average Bonchev–Trinajstić information content (AvgIpc) is 3.04. The van der Waals surface area contributed by atoms with Crippen molar-refractivity contribution in [3.63, 3.8) is 0 Å². The number of carbonyl (C=O) groups excluding carboxylic acids is 2. The third-order valence-corrected chi connectivity index (χ3v) is 18.5. The number of phenolic OH excluding ortho intramolecular Hbond substituents is 2. The summed E-state index contributed by atoms with van der Waals surface area (Å²) < 4.78 is 6.06. The first-order valence-corrected chi connectivity index (χ1v) is 19.0. The van der Waals surface area contributed by atoms with E-state index in [1.807, 2.05) is 18.2 Å². The molecular formula is C37H32BrO5P. The number of hydrogen-bond donors (Lipinski definition) is 2. The number of fused-ring (bicyclic) bond motifs is 2. The van der Waals surface area contributed by atoms with Gasteiger partial charge < -0.3 is 5.11 Å². The van der Waals surface area contributed by atoms with Crippen LogP contribution in [-0.4, -0.2) is 34.5 Å². The van der Waals surface area contributed by atoms with Gasteiger partial charge in [0.1, 0.15) is 0 Å². The molecule has 5 aromatic rings. The van der Waals surface area contributed by atoms with Crippen LogP contribution in [0, 0.1) is 6.92 Å². The number of unbranched alkanes of at least 4 members (excludes halogenated alkanes) is 1. The molecule has 2 N–H and O–H groups in total. The van der Waals surface area contributed by atoms with Gasteiger partial charge in [-0.05, 0) is 13.0 Å². The van der Waals surface area contributed by atoms with E-state index in [2.05, 4.69) is 88.3 Å². The van der Waals surface area contributed by atoms with Gasteiger partial charge in [-0.1, -0.05) is 0 Å². The summed E-state index contributed by atoms with van der Waals surface area (Å²) in [4.78, 5) is 26.5. The Labute approximate surface area is 264 Å². The number of phenols is 2. The van der Waals surface area contributed by atoms with Crippen LogP contribution in [0.3, 0.4) is 0 Å². The summed E-state index contributed by atoms with van der Waals surface area (Å²) in [5, 5.41) is 21.9. The Morgan fingerprint density at radius 2 is 1.11 bits per heavy atom. The first-order valence-electron chi connectivity index (χ1n) is 14.5. The predicted octanol–water partition coefficient (Wildman–Crippen LogP) is 7.18. The number of ether oxygens (including phenoxy) is 1. The van der Waals surface area contributed by atoms with Gasteiger partial charge in [0.25, 0.3) is 0 Å². The van der Waals surface area contributed by atoms with Crippen LogP contribution in [0.2, 0.25) is 0 Å². The number of carbonyl (C=O) groups is 2. The molecule has 222 valence electrons. The van der Waals surface area contributed by atoms with E-state index < -0.39 is 16.9 Å². The van der Waals surface area contributed by atoms with E-state index in [1.165, 1.54) is 34.1 Å². The van der Waals surface area contributed by atoms with Gasteiger partial charge in [0.05, 0.1) is 0 Å². The summed E-state index contributed by atoms with van der Waals surface area (Å²) in [6.07, 6.45) is 2.41. The van der Waals surface area contributed by atoms with Gasteiger partial charge in [-0.25, -0.2) is 0 Å². The Balaban J connectivity index is 1.25. The van der Waals surface area contributed by atoms with Crippen molar-refractivity contribution in [2.24, 2.45) is 0 Å². The molecule has 0 aromatic heterocycles. The number of rotatable bonds is 9. The van der Waals surface area contributed by atoms with Gasteiger partial charge in [0, 0.05) is 0 Å². The monoisotopic (exact) mass is 666 g/mol. The van der Waals surface area contributed by atoms with E-state index in [1.54, 1.807) is 13.0 Å². The molecule has 0 saturated heterocycles. The normalized spacial score (nSPS) is 13.5. The van der Waals surface area contributed by atoms with Crippen LogP contribution in [0.25, 0.3) is 0 Å². The molecule has 0 atom stereocenters. The second-order valence-electron chi connectivity index (χ2n) is 11.2. The maximum atomic E-state index is 13.4. The Bertz CT molecular complexity index is 1770. The average molecular weight is 668 g/mol. The van der Waals surface area contributed by atoms with Gasteiger partial charge in [-0.15, -0.1) is 0 Å². The van der Waals surface area contributed by atoms with Crippen LogP contribution in [-0.2, 0) is 0 Å². The number of ketones is 2. The van der Waals surface area contributed by atoms with Crippen molar-refractivity contribution in [1.82, 2.24) is 0 Å². The van der Waals surface area contributed by atoms with Gasteiger partial charge in [0.15, 0.2) is 0 Å². The number of benzene rings is 5. The maximum absolute atomic E-state index is 13.4. The molecule has 0 unspecified atom stereocenters. The summed E-state index contributed by atoms with van der Waals surface area (Å²) in [5.74, 6) is -1.31. The first-order chi connectivity index (χ1) is 21.2. The molecule has 0 fully saturated rings. The van der Waals surface area contributed by atoms with Crippen molar-refractivity contribution < 1.29 is 24.5 Å². The van der Waals surface area contributed by atoms with E-state index in [0.29, 0.717) is 17.9 Å². The molecule has 1 aliphatic rings. The standard InChI is InChI=1S/C37H32BrO5P/c1-25-21-30-34(32(39)22-25)37(42)35-31(36(30)41)23-26(24-33(35)40)43-19-11-12-20-44(38,27-13-5-2-6-14-27,28-15-7-3-8-16-28)29-17-9-4-10-18-29/h2-10,13-18,21-24,39-40H,11-12,19-20H2,1H3. The summed E-state index contributed by atoms with van der Waals surface area (Å²) >= 11 is 4.47. The summed E-state index contributed by atoms with van der Waals surface area (Å²) in [5.41, 5.74) is 0.670. The molecule has 5 aromatic carbocycles. The summed E-state index contributed by atoms with van der Waals surface area (Å²) in [7, 11) is 0. The fourth-order valence-corrected chi connectivity index (χ4v) is 14.1. The van der Waals surface area contributed by atoms with Gasteiger partial charge in [0.2, 0.25) is 0 Å². The van der Waals surface area contributed by atoms with E-state index in [9.17, 15) is 19.8 Å². The van der Waals surface area contributed by atoms with Crippen LogP contribution >= 0.6 is 20.8 Å². The van der Waals surface area contributed by atoms with Crippen LogP contribution in [0.4, 0.5) is 0 Å². The van der Waals surface area contributed by atoms with Gasteiger partial charge in [-0.3, -0.25) is 0 Å². The summed E-state index contributed by atoms with van der Waals surface area (Å²) in [6.45, 7) is 2.10.